The molecule has 2 atom stereocenters. The molecule has 1 N–H and O–H groups in total. The van der Waals surface area contributed by atoms with E-state index >= 15 is 0 Å². The van der Waals surface area contributed by atoms with E-state index in [1.807, 2.05) is 7.05 Å². The highest BCUT2D eigenvalue weighted by molar-refractivity contribution is 7.99. The fourth-order valence-electron chi connectivity index (χ4n) is 1.68. The molecule has 16 heavy (non-hydrogen) atoms. The number of nitrogens with one attached hydrogen (secondary N) is 1. The fourth-order valence-corrected chi connectivity index (χ4v) is 2.79. The van der Waals surface area contributed by atoms with Crippen molar-refractivity contribution in [3.05, 3.63) is 35.4 Å². The van der Waals surface area contributed by atoms with Crippen molar-refractivity contribution in [2.24, 2.45) is 0 Å². The smallest absolute Gasteiger partial charge is 0.0412 e. The van der Waals surface area contributed by atoms with Crippen LogP contribution in [0.4, 0.5) is 0 Å². The topological polar surface area (TPSA) is 12.0 Å². The minimum Gasteiger partial charge on any atom is -0.312 e. The maximum atomic E-state index is 3.42. The first-order valence-electron chi connectivity index (χ1n) is 6.03. The van der Waals surface area contributed by atoms with Crippen molar-refractivity contribution in [1.29, 1.82) is 0 Å². The zero-order valence-electron chi connectivity index (χ0n) is 10.8. The summed E-state index contributed by atoms with van der Waals surface area (Å²) in [4.78, 5) is 0. The molecule has 0 fully saturated rings. The fraction of sp³-hybridized carbons (Fsp3) is 0.571. The second-order valence-electron chi connectivity index (χ2n) is 4.25. The van der Waals surface area contributed by atoms with Crippen molar-refractivity contribution in [2.75, 3.05) is 12.8 Å². The third-order valence-corrected chi connectivity index (χ3v) is 4.46. The minimum absolute atomic E-state index is 0.472. The third kappa shape index (κ3) is 3.84. The second kappa shape index (κ2) is 6.97. The van der Waals surface area contributed by atoms with Crippen LogP contribution in [-0.2, 0) is 0 Å². The lowest BCUT2D eigenvalue weighted by Crippen LogP contribution is -2.20. The maximum absolute atomic E-state index is 3.42. The van der Waals surface area contributed by atoms with E-state index in [0.717, 1.165) is 11.0 Å². The Bertz CT molecular complexity index is 311. The van der Waals surface area contributed by atoms with Crippen LogP contribution < -0.4 is 5.32 Å². The Hall–Kier alpha value is -0.470. The maximum Gasteiger partial charge on any atom is 0.0412 e. The van der Waals surface area contributed by atoms with E-state index in [1.165, 1.54) is 17.5 Å². The van der Waals surface area contributed by atoms with Crippen molar-refractivity contribution >= 4 is 11.8 Å². The van der Waals surface area contributed by atoms with Crippen molar-refractivity contribution in [3.8, 4) is 0 Å². The van der Waals surface area contributed by atoms with E-state index < -0.39 is 0 Å². The molecule has 2 unspecified atom stereocenters. The van der Waals surface area contributed by atoms with Crippen LogP contribution in [0.1, 0.15) is 37.4 Å². The van der Waals surface area contributed by atoms with Gasteiger partial charge in [-0.05, 0) is 31.5 Å². The minimum atomic E-state index is 0.472. The average molecular weight is 237 g/mol. The summed E-state index contributed by atoms with van der Waals surface area (Å²) in [5.74, 6) is 1.15. The number of aryl methyl sites for hydroxylation is 1. The summed E-state index contributed by atoms with van der Waals surface area (Å²) < 4.78 is 0. The summed E-state index contributed by atoms with van der Waals surface area (Å²) in [6.07, 6.45) is 1.24. The summed E-state index contributed by atoms with van der Waals surface area (Å²) in [5, 5.41) is 4.17. The molecule has 0 saturated heterocycles. The van der Waals surface area contributed by atoms with Crippen LogP contribution in [0.2, 0.25) is 0 Å². The summed E-state index contributed by atoms with van der Waals surface area (Å²) in [7, 11) is 2.05. The van der Waals surface area contributed by atoms with Gasteiger partial charge < -0.3 is 5.32 Å². The predicted octanol–water partition coefficient (Wildman–Crippen LogP) is 3.79. The molecule has 0 saturated carbocycles. The molecule has 0 aliphatic heterocycles. The Morgan fingerprint density at radius 1 is 1.31 bits per heavy atom. The van der Waals surface area contributed by atoms with Gasteiger partial charge in [0, 0.05) is 17.0 Å². The van der Waals surface area contributed by atoms with E-state index in [9.17, 15) is 0 Å². The van der Waals surface area contributed by atoms with Crippen molar-refractivity contribution in [2.45, 2.75) is 38.5 Å². The van der Waals surface area contributed by atoms with E-state index in [1.54, 1.807) is 0 Å². The Morgan fingerprint density at radius 2 is 2.00 bits per heavy atom. The number of benzene rings is 1. The van der Waals surface area contributed by atoms with Gasteiger partial charge in [0.15, 0.2) is 0 Å². The zero-order chi connectivity index (χ0) is 12.0. The van der Waals surface area contributed by atoms with Gasteiger partial charge in [-0.2, -0.15) is 11.8 Å². The van der Waals surface area contributed by atoms with Crippen LogP contribution in [-0.4, -0.2) is 18.1 Å². The van der Waals surface area contributed by atoms with Gasteiger partial charge in [-0.1, -0.05) is 38.1 Å². The van der Waals surface area contributed by atoms with Crippen LogP contribution in [0.5, 0.6) is 0 Å². The first-order valence-corrected chi connectivity index (χ1v) is 7.08. The van der Waals surface area contributed by atoms with Gasteiger partial charge in [0.05, 0.1) is 0 Å². The Morgan fingerprint density at radius 3 is 2.56 bits per heavy atom. The first-order chi connectivity index (χ1) is 7.69. The van der Waals surface area contributed by atoms with Crippen LogP contribution in [0.3, 0.4) is 0 Å². The molecule has 1 rings (SSSR count). The number of thioether (sulfide) groups is 1. The summed E-state index contributed by atoms with van der Waals surface area (Å²) in [6, 6.07) is 9.12. The van der Waals surface area contributed by atoms with E-state index in [-0.39, 0.29) is 0 Å². The van der Waals surface area contributed by atoms with Gasteiger partial charge in [0.1, 0.15) is 0 Å². The zero-order valence-corrected chi connectivity index (χ0v) is 11.6. The predicted molar refractivity (Wildman–Crippen MR) is 75.2 cm³/mol. The van der Waals surface area contributed by atoms with Crippen molar-refractivity contribution in [1.82, 2.24) is 5.32 Å². The molecule has 1 aromatic rings. The van der Waals surface area contributed by atoms with E-state index in [0.29, 0.717) is 6.04 Å². The largest absolute Gasteiger partial charge is 0.312 e. The van der Waals surface area contributed by atoms with E-state index in [2.05, 4.69) is 62.1 Å². The third-order valence-electron chi connectivity index (χ3n) is 3.03. The molecule has 0 aliphatic carbocycles. The average Bonchev–Trinajstić information content (AvgIpc) is 2.31. The quantitative estimate of drug-likeness (QED) is 0.808. The van der Waals surface area contributed by atoms with Gasteiger partial charge in [0.2, 0.25) is 0 Å². The lowest BCUT2D eigenvalue weighted by molar-refractivity contribution is 0.656. The molecular weight excluding hydrogens is 214 g/mol. The Kier molecular flexibility index (Phi) is 5.93. The van der Waals surface area contributed by atoms with Gasteiger partial charge in [0.25, 0.3) is 0 Å². The van der Waals surface area contributed by atoms with Gasteiger partial charge in [-0.25, -0.2) is 0 Å². The SMILES string of the molecule is CCC(C)SCC(NC)c1ccccc1C. The van der Waals surface area contributed by atoms with Crippen LogP contribution in [0, 0.1) is 6.92 Å². The monoisotopic (exact) mass is 237 g/mol. The number of rotatable bonds is 6. The highest BCUT2D eigenvalue weighted by Crippen LogP contribution is 2.24. The number of hydrogen-bond acceptors (Lipinski definition) is 2. The van der Waals surface area contributed by atoms with Gasteiger partial charge in [-0.3, -0.25) is 0 Å². The highest BCUT2D eigenvalue weighted by Gasteiger charge is 2.12. The van der Waals surface area contributed by atoms with Gasteiger partial charge >= 0.3 is 0 Å². The van der Waals surface area contributed by atoms with Crippen LogP contribution >= 0.6 is 11.8 Å². The Balaban J connectivity index is 2.64. The van der Waals surface area contributed by atoms with Gasteiger partial charge in [-0.15, -0.1) is 0 Å². The highest BCUT2D eigenvalue weighted by atomic mass is 32.2. The molecule has 0 radical (unpaired) electrons. The normalized spacial score (nSPS) is 14.8. The summed E-state index contributed by atoms with van der Waals surface area (Å²) in [5.41, 5.74) is 2.81. The summed E-state index contributed by atoms with van der Waals surface area (Å²) in [6.45, 7) is 6.74. The number of hydrogen-bond donors (Lipinski definition) is 1. The van der Waals surface area contributed by atoms with Crippen molar-refractivity contribution in [3.63, 3.8) is 0 Å². The van der Waals surface area contributed by atoms with Crippen LogP contribution in [0.25, 0.3) is 0 Å². The van der Waals surface area contributed by atoms with Crippen LogP contribution in [0.15, 0.2) is 24.3 Å². The molecule has 90 valence electrons. The molecule has 0 aromatic heterocycles. The second-order valence-corrected chi connectivity index (χ2v) is 5.72. The molecule has 1 nitrogen and oxygen atoms in total. The molecule has 0 aliphatic rings. The lowest BCUT2D eigenvalue weighted by atomic mass is 10.0. The molecule has 0 amide bonds. The molecule has 1 aromatic carbocycles. The Labute approximate surface area is 104 Å². The first kappa shape index (κ1) is 13.6. The summed E-state index contributed by atoms with van der Waals surface area (Å²) >= 11 is 2.05. The van der Waals surface area contributed by atoms with E-state index in [4.69, 9.17) is 0 Å². The standard InChI is InChI=1S/C14H23NS/c1-5-12(3)16-10-14(15-4)13-9-7-6-8-11(13)2/h6-9,12,14-15H,5,10H2,1-4H3. The van der Waals surface area contributed by atoms with Crippen molar-refractivity contribution < 1.29 is 0 Å². The molecule has 0 spiro atoms. The molecular formula is C14H23NS. The lowest BCUT2D eigenvalue weighted by Gasteiger charge is -2.20. The molecule has 0 bridgehead atoms. The molecule has 0 heterocycles. The molecule has 2 heteroatoms.